The summed E-state index contributed by atoms with van der Waals surface area (Å²) >= 11 is 0. The van der Waals surface area contributed by atoms with Crippen LogP contribution in [0.1, 0.15) is 19.8 Å². The summed E-state index contributed by atoms with van der Waals surface area (Å²) in [6.45, 7) is 1.43. The van der Waals surface area contributed by atoms with Crippen LogP contribution in [-0.4, -0.2) is 66.7 Å². The number of amides is 1. The summed E-state index contributed by atoms with van der Waals surface area (Å²) in [4.78, 5) is 22.1. The van der Waals surface area contributed by atoms with Gasteiger partial charge in [-0.25, -0.2) is 8.42 Å². The second kappa shape index (κ2) is 6.51. The summed E-state index contributed by atoms with van der Waals surface area (Å²) in [6.07, 6.45) is -0.508. The van der Waals surface area contributed by atoms with Crippen LogP contribution in [0.4, 0.5) is 0 Å². The fourth-order valence-electron chi connectivity index (χ4n) is 1.97. The van der Waals surface area contributed by atoms with Crippen molar-refractivity contribution in [3.8, 4) is 0 Å². The van der Waals surface area contributed by atoms with Crippen LogP contribution in [0.15, 0.2) is 0 Å². The summed E-state index contributed by atoms with van der Waals surface area (Å²) < 4.78 is 22.8. The number of carboxylic acid groups (broad SMARTS) is 1. The summed E-state index contributed by atoms with van der Waals surface area (Å²) in [5.41, 5.74) is -1.53. The first-order valence-corrected chi connectivity index (χ1v) is 8.06. The van der Waals surface area contributed by atoms with Gasteiger partial charge >= 0.3 is 5.97 Å². The SMILES string of the molecule is CC(O)(CNC(=O)CC1CS(=O)(=O)CCN1)CC(=O)O. The molecule has 0 aliphatic carbocycles. The predicted molar refractivity (Wildman–Crippen MR) is 70.9 cm³/mol. The lowest BCUT2D eigenvalue weighted by atomic mass is 10.0. The maximum Gasteiger partial charge on any atom is 0.306 e. The Kier molecular flexibility index (Phi) is 5.49. The standard InChI is InChI=1S/C11H20N2O6S/c1-11(17,5-10(15)16)7-13-9(14)4-8-6-20(18,19)3-2-12-8/h8,12,17H,2-7H2,1H3,(H,13,14)(H,15,16). The number of carboxylic acids is 1. The average molecular weight is 308 g/mol. The van der Waals surface area contributed by atoms with Gasteiger partial charge in [0.25, 0.3) is 0 Å². The molecule has 0 radical (unpaired) electrons. The molecule has 1 rings (SSSR count). The molecule has 0 aromatic carbocycles. The fraction of sp³-hybridized carbons (Fsp3) is 0.818. The average Bonchev–Trinajstić information content (AvgIpc) is 2.23. The summed E-state index contributed by atoms with van der Waals surface area (Å²) in [6, 6.07) is -0.446. The molecule has 1 fully saturated rings. The van der Waals surface area contributed by atoms with Gasteiger partial charge in [-0.15, -0.1) is 0 Å². The van der Waals surface area contributed by atoms with Crippen LogP contribution < -0.4 is 10.6 Å². The maximum absolute atomic E-state index is 11.7. The molecule has 2 unspecified atom stereocenters. The summed E-state index contributed by atoms with van der Waals surface area (Å²) in [5, 5.41) is 23.7. The van der Waals surface area contributed by atoms with Crippen molar-refractivity contribution in [3.05, 3.63) is 0 Å². The van der Waals surface area contributed by atoms with Crippen molar-refractivity contribution in [1.82, 2.24) is 10.6 Å². The molecular formula is C11H20N2O6S. The van der Waals surface area contributed by atoms with E-state index in [1.54, 1.807) is 0 Å². The summed E-state index contributed by atoms with van der Waals surface area (Å²) in [5.74, 6) is -1.61. The van der Waals surface area contributed by atoms with E-state index in [4.69, 9.17) is 5.11 Å². The number of hydrogen-bond donors (Lipinski definition) is 4. The Morgan fingerprint density at radius 3 is 2.65 bits per heavy atom. The number of hydrogen-bond acceptors (Lipinski definition) is 6. The second-order valence-corrected chi connectivity index (χ2v) is 7.54. The van der Waals surface area contributed by atoms with Gasteiger partial charge in [-0.1, -0.05) is 0 Å². The van der Waals surface area contributed by atoms with Gasteiger partial charge in [-0.2, -0.15) is 0 Å². The lowest BCUT2D eigenvalue weighted by Gasteiger charge is -2.25. The van der Waals surface area contributed by atoms with E-state index in [-0.39, 0.29) is 24.5 Å². The van der Waals surface area contributed by atoms with E-state index in [0.29, 0.717) is 6.54 Å². The Balaban J connectivity index is 2.39. The van der Waals surface area contributed by atoms with E-state index >= 15 is 0 Å². The number of nitrogens with one attached hydrogen (secondary N) is 2. The molecule has 0 aromatic heterocycles. The highest BCUT2D eigenvalue weighted by Crippen LogP contribution is 2.08. The van der Waals surface area contributed by atoms with E-state index in [9.17, 15) is 23.1 Å². The molecule has 20 heavy (non-hydrogen) atoms. The normalized spacial score (nSPS) is 24.6. The molecular weight excluding hydrogens is 288 g/mol. The first-order chi connectivity index (χ1) is 9.10. The zero-order valence-corrected chi connectivity index (χ0v) is 12.1. The van der Waals surface area contributed by atoms with Crippen LogP contribution in [-0.2, 0) is 19.4 Å². The highest BCUT2D eigenvalue weighted by Gasteiger charge is 2.28. The molecule has 1 amide bonds. The van der Waals surface area contributed by atoms with E-state index in [0.717, 1.165) is 0 Å². The Hall–Kier alpha value is -1.19. The third-order valence-electron chi connectivity index (χ3n) is 2.93. The predicted octanol–water partition coefficient (Wildman–Crippen LogP) is -1.89. The van der Waals surface area contributed by atoms with Gasteiger partial charge in [0.05, 0.1) is 23.5 Å². The van der Waals surface area contributed by atoms with Crippen LogP contribution in [0.2, 0.25) is 0 Å². The Bertz CT molecular complexity index is 473. The molecule has 1 aliphatic heterocycles. The van der Waals surface area contributed by atoms with Gasteiger partial charge in [-0.05, 0) is 6.92 Å². The van der Waals surface area contributed by atoms with Crippen LogP contribution in [0.25, 0.3) is 0 Å². The third kappa shape index (κ3) is 6.31. The molecule has 1 saturated heterocycles. The van der Waals surface area contributed by atoms with Gasteiger partial charge in [0, 0.05) is 25.6 Å². The highest BCUT2D eigenvalue weighted by atomic mass is 32.2. The van der Waals surface area contributed by atoms with Crippen LogP contribution in [0.3, 0.4) is 0 Å². The quantitative estimate of drug-likeness (QED) is 0.450. The van der Waals surface area contributed by atoms with E-state index in [1.807, 2.05) is 0 Å². The van der Waals surface area contributed by atoms with Crippen molar-refractivity contribution in [3.63, 3.8) is 0 Å². The van der Waals surface area contributed by atoms with Gasteiger partial charge in [0.15, 0.2) is 9.84 Å². The molecule has 0 aromatic rings. The molecule has 0 spiro atoms. The molecule has 0 saturated carbocycles. The Morgan fingerprint density at radius 1 is 1.45 bits per heavy atom. The Morgan fingerprint density at radius 2 is 2.10 bits per heavy atom. The molecule has 1 heterocycles. The van der Waals surface area contributed by atoms with Crippen molar-refractivity contribution in [2.24, 2.45) is 0 Å². The number of rotatable bonds is 6. The van der Waals surface area contributed by atoms with Crippen LogP contribution in [0.5, 0.6) is 0 Å². The Labute approximate surface area is 117 Å². The minimum absolute atomic E-state index is 0.0254. The lowest BCUT2D eigenvalue weighted by molar-refractivity contribution is -0.142. The monoisotopic (exact) mass is 308 g/mol. The fourth-order valence-corrected chi connectivity index (χ4v) is 3.42. The third-order valence-corrected chi connectivity index (χ3v) is 4.67. The molecule has 116 valence electrons. The van der Waals surface area contributed by atoms with Crippen LogP contribution >= 0.6 is 0 Å². The van der Waals surface area contributed by atoms with Crippen molar-refractivity contribution < 1.29 is 28.2 Å². The largest absolute Gasteiger partial charge is 0.481 e. The number of carbonyl (C=O) groups is 2. The molecule has 9 heteroatoms. The minimum Gasteiger partial charge on any atom is -0.481 e. The van der Waals surface area contributed by atoms with Gasteiger partial charge in [0.2, 0.25) is 5.91 Å². The molecule has 2 atom stereocenters. The van der Waals surface area contributed by atoms with E-state index in [2.05, 4.69) is 10.6 Å². The molecule has 8 nitrogen and oxygen atoms in total. The lowest BCUT2D eigenvalue weighted by Crippen LogP contribution is -2.49. The first-order valence-electron chi connectivity index (χ1n) is 6.24. The van der Waals surface area contributed by atoms with E-state index < -0.39 is 39.8 Å². The van der Waals surface area contributed by atoms with Gasteiger partial charge in [0.1, 0.15) is 0 Å². The number of aliphatic hydroxyl groups is 1. The zero-order chi connectivity index (χ0) is 15.4. The zero-order valence-electron chi connectivity index (χ0n) is 11.3. The smallest absolute Gasteiger partial charge is 0.306 e. The van der Waals surface area contributed by atoms with E-state index in [1.165, 1.54) is 6.92 Å². The van der Waals surface area contributed by atoms with Crippen molar-refractivity contribution >= 4 is 21.7 Å². The van der Waals surface area contributed by atoms with Crippen molar-refractivity contribution in [2.45, 2.75) is 31.4 Å². The second-order valence-electron chi connectivity index (χ2n) is 5.31. The topological polar surface area (TPSA) is 133 Å². The maximum atomic E-state index is 11.7. The number of sulfone groups is 1. The number of aliphatic carboxylic acids is 1. The van der Waals surface area contributed by atoms with Gasteiger partial charge < -0.3 is 20.8 Å². The number of carbonyl (C=O) groups excluding carboxylic acids is 1. The van der Waals surface area contributed by atoms with Crippen molar-refractivity contribution in [1.29, 1.82) is 0 Å². The summed E-state index contributed by atoms with van der Waals surface area (Å²) in [7, 11) is -3.11. The molecule has 0 bridgehead atoms. The molecule has 4 N–H and O–H groups in total. The molecule has 1 aliphatic rings. The first kappa shape index (κ1) is 16.9. The highest BCUT2D eigenvalue weighted by molar-refractivity contribution is 7.91. The van der Waals surface area contributed by atoms with Crippen LogP contribution in [0, 0.1) is 0 Å². The minimum atomic E-state index is -3.11. The van der Waals surface area contributed by atoms with Gasteiger partial charge in [-0.3, -0.25) is 9.59 Å². The van der Waals surface area contributed by atoms with Crippen molar-refractivity contribution in [2.75, 3.05) is 24.6 Å².